The highest BCUT2D eigenvalue weighted by atomic mass is 32.2. The molecule has 1 aliphatic rings. The van der Waals surface area contributed by atoms with Crippen molar-refractivity contribution in [1.82, 2.24) is 0 Å². The summed E-state index contributed by atoms with van der Waals surface area (Å²) < 4.78 is 33.0. The quantitative estimate of drug-likeness (QED) is 0.622. The monoisotopic (exact) mass is 377 g/mol. The molecule has 1 aliphatic heterocycles. The average molecular weight is 377 g/mol. The van der Waals surface area contributed by atoms with Crippen LogP contribution in [0, 0.1) is 17.0 Å². The van der Waals surface area contributed by atoms with E-state index in [0.29, 0.717) is 11.3 Å². The van der Waals surface area contributed by atoms with Gasteiger partial charge in [-0.3, -0.25) is 19.6 Å². The molecule has 2 aromatic carbocycles. The number of non-ortho nitro benzene ring substituents is 1. The van der Waals surface area contributed by atoms with Gasteiger partial charge in [-0.05, 0) is 37.6 Å². The topological polar surface area (TPSA) is 128 Å². The highest BCUT2D eigenvalue weighted by Gasteiger charge is 2.26. The lowest BCUT2D eigenvalue weighted by atomic mass is 10.2. The van der Waals surface area contributed by atoms with E-state index in [9.17, 15) is 23.3 Å². The van der Waals surface area contributed by atoms with Crippen molar-refractivity contribution in [2.75, 3.05) is 10.0 Å². The summed E-state index contributed by atoms with van der Waals surface area (Å²) in [4.78, 5) is 21.9. The molecule has 1 amide bonds. The first kappa shape index (κ1) is 17.7. The Labute approximate surface area is 149 Å². The number of carbonyl (C=O) groups is 1. The van der Waals surface area contributed by atoms with E-state index in [4.69, 9.17) is 4.74 Å². The summed E-state index contributed by atoms with van der Waals surface area (Å²) >= 11 is 0. The molecule has 0 saturated carbocycles. The molecule has 0 spiro atoms. The third-order valence-electron chi connectivity index (χ3n) is 3.87. The first-order valence-electron chi connectivity index (χ1n) is 7.57. The number of nitro groups is 1. The number of nitrogens with one attached hydrogen (secondary N) is 2. The van der Waals surface area contributed by atoms with Gasteiger partial charge in [0.25, 0.3) is 21.6 Å². The Balaban J connectivity index is 1.95. The molecule has 9 nitrogen and oxygen atoms in total. The van der Waals surface area contributed by atoms with Gasteiger partial charge in [-0.15, -0.1) is 0 Å². The van der Waals surface area contributed by atoms with E-state index in [1.807, 2.05) is 0 Å². The number of fused-ring (bicyclic) bond motifs is 1. The molecule has 0 radical (unpaired) electrons. The molecule has 0 aromatic heterocycles. The SMILES string of the molecule is Cc1ccc([N+](=O)[O-])cc1NS(=O)(=O)c1ccc2c(c1)NC(=O)C(C)O2. The number of nitro benzene ring substituents is 1. The predicted octanol–water partition coefficient (Wildman–Crippen LogP) is 2.42. The van der Waals surface area contributed by atoms with Crippen molar-refractivity contribution in [3.63, 3.8) is 0 Å². The number of sulfonamides is 1. The molecule has 10 heteroatoms. The lowest BCUT2D eigenvalue weighted by Crippen LogP contribution is -2.34. The first-order chi connectivity index (χ1) is 12.2. The van der Waals surface area contributed by atoms with Gasteiger partial charge in [0, 0.05) is 12.1 Å². The second-order valence-corrected chi connectivity index (χ2v) is 7.45. The van der Waals surface area contributed by atoms with Crippen LogP contribution in [0.4, 0.5) is 17.1 Å². The van der Waals surface area contributed by atoms with Crippen LogP contribution in [0.2, 0.25) is 0 Å². The van der Waals surface area contributed by atoms with Crippen molar-refractivity contribution in [2.24, 2.45) is 0 Å². The number of aryl methyl sites for hydroxylation is 1. The van der Waals surface area contributed by atoms with Gasteiger partial charge in [-0.1, -0.05) is 6.07 Å². The maximum absolute atomic E-state index is 12.6. The molecule has 1 heterocycles. The molecule has 1 atom stereocenters. The molecule has 0 fully saturated rings. The van der Waals surface area contributed by atoms with Crippen LogP contribution >= 0.6 is 0 Å². The molecule has 0 bridgehead atoms. The molecule has 1 unspecified atom stereocenters. The van der Waals surface area contributed by atoms with Crippen LogP contribution in [-0.2, 0) is 14.8 Å². The largest absolute Gasteiger partial charge is 0.479 e. The van der Waals surface area contributed by atoms with Crippen LogP contribution in [0.1, 0.15) is 12.5 Å². The van der Waals surface area contributed by atoms with Gasteiger partial charge in [-0.25, -0.2) is 8.42 Å². The minimum Gasteiger partial charge on any atom is -0.479 e. The first-order valence-corrected chi connectivity index (χ1v) is 9.05. The fourth-order valence-electron chi connectivity index (χ4n) is 2.39. The molecule has 0 aliphatic carbocycles. The molecule has 26 heavy (non-hydrogen) atoms. The Morgan fingerprint density at radius 2 is 1.96 bits per heavy atom. The molecule has 3 rings (SSSR count). The maximum atomic E-state index is 12.6. The zero-order valence-corrected chi connectivity index (χ0v) is 14.7. The zero-order valence-electron chi connectivity index (χ0n) is 13.8. The van der Waals surface area contributed by atoms with E-state index in [1.54, 1.807) is 13.8 Å². The number of amides is 1. The van der Waals surface area contributed by atoms with Crippen molar-refractivity contribution in [3.05, 3.63) is 52.1 Å². The van der Waals surface area contributed by atoms with Crippen LogP contribution in [0.3, 0.4) is 0 Å². The van der Waals surface area contributed by atoms with Crippen molar-refractivity contribution in [1.29, 1.82) is 0 Å². The molecule has 136 valence electrons. The van der Waals surface area contributed by atoms with Gasteiger partial charge in [0.2, 0.25) is 0 Å². The smallest absolute Gasteiger partial charge is 0.271 e. The summed E-state index contributed by atoms with van der Waals surface area (Å²) in [6, 6.07) is 7.95. The van der Waals surface area contributed by atoms with E-state index in [1.165, 1.54) is 30.3 Å². The van der Waals surface area contributed by atoms with Gasteiger partial charge in [0.15, 0.2) is 6.10 Å². The number of benzene rings is 2. The summed E-state index contributed by atoms with van der Waals surface area (Å²) in [6.45, 7) is 3.21. The zero-order chi connectivity index (χ0) is 19.1. The fraction of sp³-hybridized carbons (Fsp3) is 0.188. The maximum Gasteiger partial charge on any atom is 0.271 e. The van der Waals surface area contributed by atoms with Crippen LogP contribution in [0.5, 0.6) is 5.75 Å². The van der Waals surface area contributed by atoms with Gasteiger partial charge >= 0.3 is 0 Å². The number of hydrogen-bond acceptors (Lipinski definition) is 6. The number of anilines is 2. The standard InChI is InChI=1S/C16H15N3O6S/c1-9-3-4-11(19(21)22)7-13(9)18-26(23,24)12-5-6-15-14(8-12)17-16(20)10(2)25-15/h3-8,10,18H,1-2H3,(H,17,20). The second kappa shape index (κ2) is 6.30. The minimum atomic E-state index is -4.02. The Hall–Kier alpha value is -3.14. The molecular formula is C16H15N3O6S. The van der Waals surface area contributed by atoms with Crippen molar-refractivity contribution in [2.45, 2.75) is 24.8 Å². The Bertz CT molecular complexity index is 1020. The van der Waals surface area contributed by atoms with E-state index in [-0.39, 0.29) is 27.9 Å². The third-order valence-corrected chi connectivity index (χ3v) is 5.23. The van der Waals surface area contributed by atoms with Crippen LogP contribution in [0.25, 0.3) is 0 Å². The van der Waals surface area contributed by atoms with E-state index < -0.39 is 21.1 Å². The van der Waals surface area contributed by atoms with Gasteiger partial charge < -0.3 is 10.1 Å². The fourth-order valence-corrected chi connectivity index (χ4v) is 3.54. The summed E-state index contributed by atoms with van der Waals surface area (Å²) in [5.41, 5.74) is 0.647. The molecular weight excluding hydrogens is 362 g/mol. The molecule has 0 saturated heterocycles. The van der Waals surface area contributed by atoms with Gasteiger partial charge in [-0.2, -0.15) is 0 Å². The lowest BCUT2D eigenvalue weighted by Gasteiger charge is -2.23. The molecule has 2 N–H and O–H groups in total. The normalized spacial score (nSPS) is 16.2. The summed E-state index contributed by atoms with van der Waals surface area (Å²) in [6.07, 6.45) is -0.671. The lowest BCUT2D eigenvalue weighted by molar-refractivity contribution is -0.384. The van der Waals surface area contributed by atoms with Gasteiger partial charge in [0.1, 0.15) is 5.75 Å². The summed E-state index contributed by atoms with van der Waals surface area (Å²) in [5.74, 6) is -0.0166. The number of carbonyl (C=O) groups excluding carboxylic acids is 1. The summed E-state index contributed by atoms with van der Waals surface area (Å²) in [7, 11) is -4.02. The Morgan fingerprint density at radius 3 is 2.65 bits per heavy atom. The number of nitrogens with zero attached hydrogens (tertiary/aromatic N) is 1. The summed E-state index contributed by atoms with van der Waals surface area (Å²) in [5, 5.41) is 13.5. The third kappa shape index (κ3) is 3.31. The van der Waals surface area contributed by atoms with Crippen molar-refractivity contribution in [3.8, 4) is 5.75 Å². The van der Waals surface area contributed by atoms with Gasteiger partial charge in [0.05, 0.1) is 21.2 Å². The second-order valence-electron chi connectivity index (χ2n) is 5.77. The van der Waals surface area contributed by atoms with Crippen molar-refractivity contribution >= 4 is 33.0 Å². The highest BCUT2D eigenvalue weighted by Crippen LogP contribution is 2.33. The van der Waals surface area contributed by atoms with E-state index >= 15 is 0 Å². The van der Waals surface area contributed by atoms with Crippen molar-refractivity contribution < 1.29 is 22.9 Å². The highest BCUT2D eigenvalue weighted by molar-refractivity contribution is 7.92. The minimum absolute atomic E-state index is 0.103. The van der Waals surface area contributed by atoms with Crippen LogP contribution in [-0.4, -0.2) is 25.4 Å². The number of rotatable bonds is 4. The van der Waals surface area contributed by atoms with E-state index in [0.717, 1.165) is 6.07 Å². The number of hydrogen-bond donors (Lipinski definition) is 2. The van der Waals surface area contributed by atoms with Crippen LogP contribution < -0.4 is 14.8 Å². The Morgan fingerprint density at radius 1 is 1.23 bits per heavy atom. The number of ether oxygens (including phenoxy) is 1. The molecule has 2 aromatic rings. The predicted molar refractivity (Wildman–Crippen MR) is 93.8 cm³/mol. The Kier molecular flexibility index (Phi) is 4.28. The van der Waals surface area contributed by atoms with Crippen LogP contribution in [0.15, 0.2) is 41.3 Å². The van der Waals surface area contributed by atoms with E-state index in [2.05, 4.69) is 10.0 Å². The average Bonchev–Trinajstić information content (AvgIpc) is 2.57.